The Hall–Kier alpha value is -0.640. The van der Waals surface area contributed by atoms with Crippen molar-refractivity contribution < 1.29 is 14.7 Å². The second-order valence-corrected chi connectivity index (χ2v) is 2.00. The molecule has 1 aromatic rings. The molecule has 0 amide bonds. The van der Waals surface area contributed by atoms with Crippen LogP contribution in [0.15, 0.2) is 30.3 Å². The fourth-order valence-electron chi connectivity index (χ4n) is 0.713. The van der Waals surface area contributed by atoms with Gasteiger partial charge in [-0.3, -0.25) is 4.79 Å². The van der Waals surface area contributed by atoms with Gasteiger partial charge in [0.25, 0.3) is 5.78 Å². The molecular formula is C8H7NaO3. The molecule has 0 saturated carbocycles. The van der Waals surface area contributed by atoms with E-state index in [-0.39, 0.29) is 35.1 Å². The summed E-state index contributed by atoms with van der Waals surface area (Å²) < 4.78 is 0. The third kappa shape index (κ3) is 2.77. The summed E-state index contributed by atoms with van der Waals surface area (Å²) in [6.45, 7) is 0. The molecule has 0 saturated heterocycles. The van der Waals surface area contributed by atoms with Crippen LogP contribution in [0.5, 0.6) is 0 Å². The van der Waals surface area contributed by atoms with Crippen molar-refractivity contribution in [1.29, 1.82) is 0 Å². The average molecular weight is 174 g/mol. The summed E-state index contributed by atoms with van der Waals surface area (Å²) in [4.78, 5) is 20.9. The molecule has 0 radical (unpaired) electrons. The monoisotopic (exact) mass is 174 g/mol. The van der Waals surface area contributed by atoms with Crippen LogP contribution in [0.3, 0.4) is 0 Å². The number of rotatable bonds is 2. The predicted molar refractivity (Wildman–Crippen MR) is 45.6 cm³/mol. The number of benzene rings is 1. The number of ketones is 1. The van der Waals surface area contributed by atoms with E-state index in [1.165, 1.54) is 12.1 Å². The summed E-state index contributed by atoms with van der Waals surface area (Å²) >= 11 is 0. The van der Waals surface area contributed by atoms with Crippen LogP contribution in [0.2, 0.25) is 0 Å². The summed E-state index contributed by atoms with van der Waals surface area (Å²) in [5, 5.41) is 8.29. The van der Waals surface area contributed by atoms with Crippen molar-refractivity contribution in [3.8, 4) is 0 Å². The Kier molecular flexibility index (Phi) is 4.81. The van der Waals surface area contributed by atoms with Crippen LogP contribution in [-0.2, 0) is 4.79 Å². The number of hydrogen-bond donors (Lipinski definition) is 1. The Labute approximate surface area is 91.7 Å². The van der Waals surface area contributed by atoms with E-state index in [0.29, 0.717) is 0 Å². The van der Waals surface area contributed by atoms with E-state index >= 15 is 0 Å². The molecule has 0 heterocycles. The standard InChI is InChI=1S/C8H6O3.Na.H/c9-7(8(10)11)6-4-2-1-3-5-6;;/h1-5H,(H,10,11);;. The van der Waals surface area contributed by atoms with Crippen molar-refractivity contribution in [1.82, 2.24) is 0 Å². The molecule has 0 aliphatic heterocycles. The molecule has 4 heteroatoms. The Morgan fingerprint density at radius 3 is 2.00 bits per heavy atom. The fraction of sp³-hybridized carbons (Fsp3) is 0. The molecule has 12 heavy (non-hydrogen) atoms. The normalized spacial score (nSPS) is 8.33. The zero-order valence-electron chi connectivity index (χ0n) is 5.65. The molecule has 0 spiro atoms. The third-order valence-electron chi connectivity index (χ3n) is 1.23. The number of Topliss-reactive ketones (excluding diaryl/α,β-unsaturated/α-hetero) is 1. The van der Waals surface area contributed by atoms with E-state index < -0.39 is 11.8 Å². The zero-order valence-corrected chi connectivity index (χ0v) is 5.65. The van der Waals surface area contributed by atoms with Crippen LogP contribution >= 0.6 is 0 Å². The molecule has 1 rings (SSSR count). The Morgan fingerprint density at radius 1 is 1.08 bits per heavy atom. The van der Waals surface area contributed by atoms with Crippen LogP contribution in [0.25, 0.3) is 0 Å². The minimum absolute atomic E-state index is 0. The molecule has 0 aliphatic carbocycles. The van der Waals surface area contributed by atoms with E-state index in [9.17, 15) is 9.59 Å². The van der Waals surface area contributed by atoms with Gasteiger partial charge in [-0.2, -0.15) is 0 Å². The first-order valence-electron chi connectivity index (χ1n) is 3.04. The number of carbonyl (C=O) groups excluding carboxylic acids is 1. The van der Waals surface area contributed by atoms with Crippen molar-refractivity contribution in [2.24, 2.45) is 0 Å². The average Bonchev–Trinajstić information content (AvgIpc) is 2.05. The maximum absolute atomic E-state index is 10.7. The van der Waals surface area contributed by atoms with E-state index in [0.717, 1.165) is 0 Å². The predicted octanol–water partition coefficient (Wildman–Crippen LogP) is 0.305. The van der Waals surface area contributed by atoms with Crippen LogP contribution in [0.4, 0.5) is 0 Å². The molecule has 1 aromatic carbocycles. The van der Waals surface area contributed by atoms with Gasteiger partial charge >= 0.3 is 35.5 Å². The van der Waals surface area contributed by atoms with E-state index in [2.05, 4.69) is 0 Å². The second-order valence-electron chi connectivity index (χ2n) is 2.00. The molecule has 3 nitrogen and oxygen atoms in total. The van der Waals surface area contributed by atoms with Gasteiger partial charge in [0.05, 0.1) is 0 Å². The number of carbonyl (C=O) groups is 2. The zero-order chi connectivity index (χ0) is 8.27. The van der Waals surface area contributed by atoms with Gasteiger partial charge in [0, 0.05) is 5.56 Å². The molecule has 58 valence electrons. The molecule has 1 N–H and O–H groups in total. The summed E-state index contributed by atoms with van der Waals surface area (Å²) in [7, 11) is 0. The van der Waals surface area contributed by atoms with Crippen molar-refractivity contribution in [2.75, 3.05) is 0 Å². The topological polar surface area (TPSA) is 54.4 Å². The molecule has 0 aliphatic rings. The van der Waals surface area contributed by atoms with Gasteiger partial charge in [-0.05, 0) is 0 Å². The summed E-state index contributed by atoms with van der Waals surface area (Å²) in [5.41, 5.74) is 0.208. The van der Waals surface area contributed by atoms with Gasteiger partial charge < -0.3 is 5.11 Å². The van der Waals surface area contributed by atoms with Crippen LogP contribution in [-0.4, -0.2) is 46.4 Å². The number of carboxylic acids is 1. The van der Waals surface area contributed by atoms with Gasteiger partial charge in [-0.15, -0.1) is 0 Å². The van der Waals surface area contributed by atoms with Crippen molar-refractivity contribution in [3.63, 3.8) is 0 Å². The van der Waals surface area contributed by atoms with Crippen molar-refractivity contribution >= 4 is 41.3 Å². The van der Waals surface area contributed by atoms with E-state index in [1.54, 1.807) is 18.2 Å². The number of aliphatic carboxylic acids is 1. The number of carboxylic acid groups (broad SMARTS) is 1. The molecule has 0 aromatic heterocycles. The first-order valence-corrected chi connectivity index (χ1v) is 3.04. The summed E-state index contributed by atoms with van der Waals surface area (Å²) in [5.74, 6) is -2.29. The van der Waals surface area contributed by atoms with E-state index in [4.69, 9.17) is 5.11 Å². The van der Waals surface area contributed by atoms with Crippen molar-refractivity contribution in [2.45, 2.75) is 0 Å². The Morgan fingerprint density at radius 2 is 1.58 bits per heavy atom. The molecule has 0 unspecified atom stereocenters. The van der Waals surface area contributed by atoms with Gasteiger partial charge in [-0.1, -0.05) is 30.3 Å². The first-order chi connectivity index (χ1) is 5.22. The second kappa shape index (κ2) is 5.09. The molecular weight excluding hydrogens is 167 g/mol. The quantitative estimate of drug-likeness (QED) is 0.398. The number of hydrogen-bond acceptors (Lipinski definition) is 2. The van der Waals surface area contributed by atoms with Crippen molar-refractivity contribution in [3.05, 3.63) is 35.9 Å². The molecule has 0 bridgehead atoms. The minimum atomic E-state index is -1.42. The van der Waals surface area contributed by atoms with Gasteiger partial charge in [0.15, 0.2) is 0 Å². The molecule has 0 atom stereocenters. The van der Waals surface area contributed by atoms with Gasteiger partial charge in [0.2, 0.25) is 0 Å². The van der Waals surface area contributed by atoms with Gasteiger partial charge in [0.1, 0.15) is 0 Å². The van der Waals surface area contributed by atoms with E-state index in [1.807, 2.05) is 0 Å². The fourth-order valence-corrected chi connectivity index (χ4v) is 0.713. The van der Waals surface area contributed by atoms with Gasteiger partial charge in [-0.25, -0.2) is 4.79 Å². The third-order valence-corrected chi connectivity index (χ3v) is 1.23. The first kappa shape index (κ1) is 11.4. The molecule has 0 fully saturated rings. The Balaban J connectivity index is 0.00000121. The maximum atomic E-state index is 10.7. The summed E-state index contributed by atoms with van der Waals surface area (Å²) in [6.07, 6.45) is 0. The van der Waals surface area contributed by atoms with Crippen LogP contribution in [0.1, 0.15) is 10.4 Å². The SMILES string of the molecule is O=C(O)C(=O)c1ccccc1.[NaH]. The van der Waals surface area contributed by atoms with Crippen LogP contribution < -0.4 is 0 Å². The Bertz CT molecular complexity index is 282. The van der Waals surface area contributed by atoms with Crippen LogP contribution in [0, 0.1) is 0 Å². The summed E-state index contributed by atoms with van der Waals surface area (Å²) in [6, 6.07) is 7.90.